The van der Waals surface area contributed by atoms with E-state index in [0.29, 0.717) is 39.1 Å². The third kappa shape index (κ3) is 5.29. The summed E-state index contributed by atoms with van der Waals surface area (Å²) in [7, 11) is 0. The molecule has 1 aliphatic rings. The predicted octanol–water partition coefficient (Wildman–Crippen LogP) is 3.62. The number of aryl methyl sites for hydroxylation is 1. The topological polar surface area (TPSA) is 69.3 Å². The summed E-state index contributed by atoms with van der Waals surface area (Å²) in [6, 6.07) is 16.0. The van der Waals surface area contributed by atoms with Gasteiger partial charge in [0.2, 0.25) is 11.8 Å². The molecule has 0 spiro atoms. The third-order valence-corrected chi connectivity index (χ3v) is 5.90. The van der Waals surface area contributed by atoms with Gasteiger partial charge in [-0.3, -0.25) is 9.59 Å². The normalized spacial score (nSPS) is 14.1. The van der Waals surface area contributed by atoms with E-state index in [0.717, 1.165) is 22.0 Å². The molecule has 6 nitrogen and oxygen atoms in total. The Bertz CT molecular complexity index is 1220. The van der Waals surface area contributed by atoms with E-state index in [1.807, 2.05) is 41.1 Å². The number of rotatable bonds is 6. The summed E-state index contributed by atoms with van der Waals surface area (Å²) in [4.78, 5) is 28.8. The molecule has 168 valence electrons. The van der Waals surface area contributed by atoms with Crippen LogP contribution < -0.4 is 0 Å². The molecular formula is C26H25FN4O2. The summed E-state index contributed by atoms with van der Waals surface area (Å²) in [5.41, 5.74) is 2.75. The Hall–Kier alpha value is -3.92. The van der Waals surface area contributed by atoms with Crippen LogP contribution in [0.3, 0.4) is 0 Å². The number of carbonyl (C=O) groups excluding carboxylic acids is 2. The van der Waals surface area contributed by atoms with Crippen LogP contribution in [-0.2, 0) is 22.6 Å². The molecule has 0 atom stereocenters. The molecule has 2 aromatic carbocycles. The van der Waals surface area contributed by atoms with Crippen LogP contribution in [0.2, 0.25) is 0 Å². The van der Waals surface area contributed by atoms with Gasteiger partial charge in [0, 0.05) is 61.5 Å². The highest BCUT2D eigenvalue weighted by Crippen LogP contribution is 2.23. The van der Waals surface area contributed by atoms with E-state index in [9.17, 15) is 14.0 Å². The second kappa shape index (κ2) is 10.1. The van der Waals surface area contributed by atoms with Gasteiger partial charge < -0.3 is 14.4 Å². The summed E-state index contributed by atoms with van der Waals surface area (Å²) in [5.74, 6) is -0.429. The van der Waals surface area contributed by atoms with Gasteiger partial charge in [0.1, 0.15) is 5.82 Å². The van der Waals surface area contributed by atoms with Crippen molar-refractivity contribution in [3.8, 4) is 6.07 Å². The Morgan fingerprint density at radius 2 is 1.70 bits per heavy atom. The van der Waals surface area contributed by atoms with Crippen LogP contribution in [0.15, 0.2) is 60.8 Å². The first-order valence-electron chi connectivity index (χ1n) is 11.0. The fourth-order valence-corrected chi connectivity index (χ4v) is 4.09. The zero-order valence-electron chi connectivity index (χ0n) is 18.3. The average Bonchev–Trinajstić information content (AvgIpc) is 3.20. The fraction of sp³-hybridized carbons (Fsp3) is 0.269. The van der Waals surface area contributed by atoms with Crippen molar-refractivity contribution in [3.63, 3.8) is 0 Å². The summed E-state index contributed by atoms with van der Waals surface area (Å²) >= 11 is 0. The monoisotopic (exact) mass is 444 g/mol. The number of halogens is 1. The molecule has 1 aromatic heterocycles. The summed E-state index contributed by atoms with van der Waals surface area (Å²) in [6.07, 6.45) is 6.01. The quantitative estimate of drug-likeness (QED) is 0.546. The molecule has 2 amide bonds. The number of para-hydroxylation sites is 1. The van der Waals surface area contributed by atoms with Crippen molar-refractivity contribution in [1.29, 1.82) is 5.26 Å². The number of aromatic nitrogens is 1. The molecule has 0 N–H and O–H groups in total. The van der Waals surface area contributed by atoms with Gasteiger partial charge in [-0.25, -0.2) is 4.39 Å². The van der Waals surface area contributed by atoms with Crippen molar-refractivity contribution in [2.24, 2.45) is 0 Å². The van der Waals surface area contributed by atoms with Crippen LogP contribution >= 0.6 is 0 Å². The van der Waals surface area contributed by atoms with Crippen molar-refractivity contribution in [3.05, 3.63) is 77.7 Å². The SMILES string of the molecule is N#CCCn1cc(/C=C/C(=O)N2CCN(C(=O)Cc3ccc(F)cc3)CC2)c2ccccc21. The maximum Gasteiger partial charge on any atom is 0.246 e. The minimum atomic E-state index is -0.321. The van der Waals surface area contributed by atoms with Crippen molar-refractivity contribution in [2.45, 2.75) is 19.4 Å². The van der Waals surface area contributed by atoms with Gasteiger partial charge in [0.05, 0.1) is 18.9 Å². The number of fused-ring (bicyclic) bond motifs is 1. The Kier molecular flexibility index (Phi) is 6.84. The number of hydrogen-bond acceptors (Lipinski definition) is 3. The van der Waals surface area contributed by atoms with Crippen LogP contribution in [0.4, 0.5) is 4.39 Å². The molecule has 7 heteroatoms. The van der Waals surface area contributed by atoms with Gasteiger partial charge >= 0.3 is 0 Å². The Labute approximate surface area is 192 Å². The van der Waals surface area contributed by atoms with Crippen molar-refractivity contribution < 1.29 is 14.0 Å². The van der Waals surface area contributed by atoms with E-state index in [4.69, 9.17) is 5.26 Å². The number of nitrogens with zero attached hydrogens (tertiary/aromatic N) is 4. The van der Waals surface area contributed by atoms with E-state index in [2.05, 4.69) is 6.07 Å². The zero-order chi connectivity index (χ0) is 23.2. The molecular weight excluding hydrogens is 419 g/mol. The zero-order valence-corrected chi connectivity index (χ0v) is 18.3. The van der Waals surface area contributed by atoms with Gasteiger partial charge in [0.15, 0.2) is 0 Å². The van der Waals surface area contributed by atoms with E-state index >= 15 is 0 Å². The van der Waals surface area contributed by atoms with Crippen molar-refractivity contribution >= 4 is 28.8 Å². The van der Waals surface area contributed by atoms with E-state index in [1.54, 1.807) is 28.0 Å². The number of hydrogen-bond donors (Lipinski definition) is 0. The molecule has 1 saturated heterocycles. The first-order valence-corrected chi connectivity index (χ1v) is 11.0. The van der Waals surface area contributed by atoms with Gasteiger partial charge in [0.25, 0.3) is 0 Å². The fourth-order valence-electron chi connectivity index (χ4n) is 4.09. The number of piperazine rings is 1. The van der Waals surface area contributed by atoms with E-state index in [-0.39, 0.29) is 24.1 Å². The molecule has 4 rings (SSSR count). The van der Waals surface area contributed by atoms with Gasteiger partial charge in [-0.15, -0.1) is 0 Å². The molecule has 0 radical (unpaired) electrons. The Balaban J connectivity index is 1.35. The molecule has 1 fully saturated rings. The maximum absolute atomic E-state index is 13.0. The summed E-state index contributed by atoms with van der Waals surface area (Å²) in [5, 5.41) is 9.94. The molecule has 2 heterocycles. The predicted molar refractivity (Wildman–Crippen MR) is 124 cm³/mol. The molecule has 1 aliphatic heterocycles. The third-order valence-electron chi connectivity index (χ3n) is 5.90. The van der Waals surface area contributed by atoms with Crippen LogP contribution in [0, 0.1) is 17.1 Å². The van der Waals surface area contributed by atoms with Gasteiger partial charge in [-0.2, -0.15) is 5.26 Å². The molecule has 0 bridgehead atoms. The second-order valence-corrected chi connectivity index (χ2v) is 8.05. The first-order chi connectivity index (χ1) is 16.0. The number of amides is 2. The standard InChI is InChI=1S/C26H25FN4O2/c27-22-9-6-20(7-10-22)18-26(33)30-16-14-29(15-17-30)25(32)11-8-21-19-31(13-3-12-28)24-5-2-1-4-23(21)24/h1-2,4-11,19H,3,13-18H2/b11-8+. The number of nitriles is 1. The van der Waals surface area contributed by atoms with Crippen LogP contribution in [0.1, 0.15) is 17.5 Å². The lowest BCUT2D eigenvalue weighted by molar-refractivity contribution is -0.136. The maximum atomic E-state index is 13.0. The lowest BCUT2D eigenvalue weighted by Gasteiger charge is -2.34. The lowest BCUT2D eigenvalue weighted by atomic mass is 10.1. The highest BCUT2D eigenvalue weighted by Gasteiger charge is 2.23. The smallest absolute Gasteiger partial charge is 0.246 e. The molecule has 0 aliphatic carbocycles. The molecule has 3 aromatic rings. The molecule has 33 heavy (non-hydrogen) atoms. The first kappa shape index (κ1) is 22.3. The summed E-state index contributed by atoms with van der Waals surface area (Å²) in [6.45, 7) is 2.51. The van der Waals surface area contributed by atoms with E-state index in [1.165, 1.54) is 12.1 Å². The minimum absolute atomic E-state index is 0.0190. The van der Waals surface area contributed by atoms with Gasteiger partial charge in [-0.05, 0) is 29.8 Å². The highest BCUT2D eigenvalue weighted by atomic mass is 19.1. The molecule has 0 saturated carbocycles. The number of benzene rings is 2. The van der Waals surface area contributed by atoms with Crippen molar-refractivity contribution in [2.75, 3.05) is 26.2 Å². The van der Waals surface area contributed by atoms with Gasteiger partial charge in [-0.1, -0.05) is 30.3 Å². The summed E-state index contributed by atoms with van der Waals surface area (Å²) < 4.78 is 15.1. The van der Waals surface area contributed by atoms with E-state index < -0.39 is 0 Å². The number of carbonyl (C=O) groups is 2. The van der Waals surface area contributed by atoms with Crippen molar-refractivity contribution in [1.82, 2.24) is 14.4 Å². The van der Waals surface area contributed by atoms with Crippen LogP contribution in [0.5, 0.6) is 0 Å². The molecule has 0 unspecified atom stereocenters. The highest BCUT2D eigenvalue weighted by molar-refractivity contribution is 5.96. The lowest BCUT2D eigenvalue weighted by Crippen LogP contribution is -2.50. The Morgan fingerprint density at radius 3 is 2.42 bits per heavy atom. The van der Waals surface area contributed by atoms with Crippen LogP contribution in [-0.4, -0.2) is 52.4 Å². The largest absolute Gasteiger partial charge is 0.346 e. The Morgan fingerprint density at radius 1 is 1.00 bits per heavy atom. The average molecular weight is 445 g/mol. The second-order valence-electron chi connectivity index (χ2n) is 8.05. The van der Waals surface area contributed by atoms with Crippen LogP contribution in [0.25, 0.3) is 17.0 Å². The minimum Gasteiger partial charge on any atom is -0.346 e.